The molecule has 0 bridgehead atoms. The molecule has 0 amide bonds. The van der Waals surface area contributed by atoms with Crippen molar-refractivity contribution < 1.29 is 4.39 Å². The van der Waals surface area contributed by atoms with Gasteiger partial charge in [-0.15, -0.1) is 0 Å². The minimum Gasteiger partial charge on any atom is -0.369 e. The van der Waals surface area contributed by atoms with Crippen LogP contribution in [0.15, 0.2) is 24.3 Å². The molecule has 3 heterocycles. The average Bonchev–Trinajstić information content (AvgIpc) is 2.75. The number of piperidine rings is 2. The maximum atomic E-state index is 13.2. The first kappa shape index (κ1) is 19.2. The Bertz CT molecular complexity index is 576. The molecule has 1 aromatic carbocycles. The molecule has 5 heteroatoms. The fourth-order valence-corrected chi connectivity index (χ4v) is 5.21. The lowest BCUT2D eigenvalue weighted by molar-refractivity contribution is 0.0427. The van der Waals surface area contributed by atoms with Crippen LogP contribution in [0.3, 0.4) is 0 Å². The van der Waals surface area contributed by atoms with Crippen molar-refractivity contribution in [2.75, 3.05) is 63.8 Å². The number of halogens is 1. The summed E-state index contributed by atoms with van der Waals surface area (Å²) in [5.41, 5.74) is 1.16. The molecular weight excluding hydrogens is 339 g/mol. The van der Waals surface area contributed by atoms with Crippen LogP contribution in [0.5, 0.6) is 0 Å². The van der Waals surface area contributed by atoms with E-state index < -0.39 is 0 Å². The average molecular weight is 375 g/mol. The van der Waals surface area contributed by atoms with Gasteiger partial charge in [-0.25, -0.2) is 4.39 Å². The van der Waals surface area contributed by atoms with Crippen LogP contribution in [0.25, 0.3) is 0 Å². The highest BCUT2D eigenvalue weighted by Crippen LogP contribution is 2.25. The molecule has 4 nitrogen and oxygen atoms in total. The van der Waals surface area contributed by atoms with Crippen LogP contribution in [0.4, 0.5) is 10.1 Å². The van der Waals surface area contributed by atoms with E-state index in [1.165, 1.54) is 58.4 Å². The van der Waals surface area contributed by atoms with Gasteiger partial charge in [0.25, 0.3) is 0 Å². The summed E-state index contributed by atoms with van der Waals surface area (Å²) in [5, 5.41) is 0. The topological polar surface area (TPSA) is 13.0 Å². The second-order valence-corrected chi connectivity index (χ2v) is 8.46. The Morgan fingerprint density at radius 3 is 2.19 bits per heavy atom. The summed E-state index contributed by atoms with van der Waals surface area (Å²) in [6, 6.07) is 8.50. The Labute approximate surface area is 163 Å². The predicted molar refractivity (Wildman–Crippen MR) is 110 cm³/mol. The summed E-state index contributed by atoms with van der Waals surface area (Å²) in [4.78, 5) is 10.5. The minimum absolute atomic E-state index is 0.149. The lowest BCUT2D eigenvalue weighted by Crippen LogP contribution is -2.57. The Morgan fingerprint density at radius 1 is 0.815 bits per heavy atom. The van der Waals surface area contributed by atoms with E-state index in [-0.39, 0.29) is 5.82 Å². The molecule has 3 aliphatic rings. The fraction of sp³-hybridized carbons (Fsp3) is 0.727. The van der Waals surface area contributed by atoms with Crippen LogP contribution in [-0.2, 0) is 0 Å². The normalized spacial score (nSPS) is 27.2. The van der Waals surface area contributed by atoms with Crippen molar-refractivity contribution in [3.8, 4) is 0 Å². The fourth-order valence-electron chi connectivity index (χ4n) is 5.21. The lowest BCUT2D eigenvalue weighted by Gasteiger charge is -2.47. The van der Waals surface area contributed by atoms with Gasteiger partial charge < -0.3 is 9.80 Å². The van der Waals surface area contributed by atoms with Crippen LogP contribution in [0, 0.1) is 5.82 Å². The number of rotatable bonds is 4. The number of likely N-dealkylation sites (tertiary alicyclic amines) is 2. The number of hydrogen-bond acceptors (Lipinski definition) is 4. The van der Waals surface area contributed by atoms with Gasteiger partial charge in [-0.3, -0.25) is 9.80 Å². The van der Waals surface area contributed by atoms with Crippen LogP contribution in [-0.4, -0.2) is 85.7 Å². The molecule has 0 saturated carbocycles. The summed E-state index contributed by atoms with van der Waals surface area (Å²) in [6.07, 6.45) is 5.38. The third-order valence-electron chi connectivity index (χ3n) is 6.97. The summed E-state index contributed by atoms with van der Waals surface area (Å²) in [6.45, 7) is 13.0. The van der Waals surface area contributed by atoms with Gasteiger partial charge in [-0.1, -0.05) is 6.92 Å². The van der Waals surface area contributed by atoms with E-state index in [2.05, 4.69) is 26.5 Å². The molecular formula is C22H35FN4. The van der Waals surface area contributed by atoms with Gasteiger partial charge >= 0.3 is 0 Å². The molecule has 0 radical (unpaired) electrons. The largest absolute Gasteiger partial charge is 0.369 e. The number of piperazine rings is 1. The van der Waals surface area contributed by atoms with E-state index in [0.717, 1.165) is 44.0 Å². The molecule has 1 aromatic rings. The Kier molecular flexibility index (Phi) is 6.31. The quantitative estimate of drug-likeness (QED) is 0.803. The molecule has 0 N–H and O–H groups in total. The molecule has 3 saturated heterocycles. The van der Waals surface area contributed by atoms with Gasteiger partial charge in [0.15, 0.2) is 0 Å². The van der Waals surface area contributed by atoms with Gasteiger partial charge in [0.2, 0.25) is 0 Å². The molecule has 3 aliphatic heterocycles. The minimum atomic E-state index is -0.149. The Morgan fingerprint density at radius 2 is 1.52 bits per heavy atom. The zero-order valence-corrected chi connectivity index (χ0v) is 16.8. The zero-order valence-electron chi connectivity index (χ0n) is 16.8. The molecule has 27 heavy (non-hydrogen) atoms. The molecule has 1 atom stereocenters. The van der Waals surface area contributed by atoms with Crippen molar-refractivity contribution in [2.45, 2.75) is 44.7 Å². The van der Waals surface area contributed by atoms with Crippen molar-refractivity contribution in [3.05, 3.63) is 30.1 Å². The zero-order chi connectivity index (χ0) is 18.6. The van der Waals surface area contributed by atoms with Gasteiger partial charge in [0.1, 0.15) is 5.82 Å². The van der Waals surface area contributed by atoms with Gasteiger partial charge in [-0.2, -0.15) is 0 Å². The summed E-state index contributed by atoms with van der Waals surface area (Å²) in [5.74, 6) is -0.149. The van der Waals surface area contributed by atoms with Crippen LogP contribution < -0.4 is 4.90 Å². The van der Waals surface area contributed by atoms with E-state index in [4.69, 9.17) is 0 Å². The molecule has 4 rings (SSSR count). The molecule has 3 fully saturated rings. The van der Waals surface area contributed by atoms with Crippen molar-refractivity contribution in [1.29, 1.82) is 0 Å². The second kappa shape index (κ2) is 8.89. The highest BCUT2D eigenvalue weighted by atomic mass is 19.1. The maximum absolute atomic E-state index is 13.2. The first-order chi connectivity index (χ1) is 13.2. The monoisotopic (exact) mass is 374 g/mol. The molecule has 150 valence electrons. The van der Waals surface area contributed by atoms with Crippen LogP contribution in [0.2, 0.25) is 0 Å². The van der Waals surface area contributed by atoms with Crippen molar-refractivity contribution >= 4 is 5.69 Å². The smallest absolute Gasteiger partial charge is 0.123 e. The van der Waals surface area contributed by atoms with Crippen LogP contribution >= 0.6 is 0 Å². The van der Waals surface area contributed by atoms with E-state index >= 15 is 0 Å². The standard InChI is InChI=1S/C22H35FN4/c1-2-24-12-9-21(10-13-24)27-11-3-4-22(18-27)26-16-14-25(15-17-26)20-7-5-19(23)6-8-20/h5-8,21-22H,2-4,9-18H2,1H3. The van der Waals surface area contributed by atoms with E-state index in [1.54, 1.807) is 12.1 Å². The van der Waals surface area contributed by atoms with Gasteiger partial charge in [0.05, 0.1) is 0 Å². The lowest BCUT2D eigenvalue weighted by atomic mass is 9.97. The highest BCUT2D eigenvalue weighted by Gasteiger charge is 2.32. The third-order valence-corrected chi connectivity index (χ3v) is 6.97. The van der Waals surface area contributed by atoms with Gasteiger partial charge in [0, 0.05) is 50.5 Å². The number of nitrogens with zero attached hydrogens (tertiary/aromatic N) is 4. The maximum Gasteiger partial charge on any atom is 0.123 e. The molecule has 0 aromatic heterocycles. The highest BCUT2D eigenvalue weighted by molar-refractivity contribution is 5.46. The van der Waals surface area contributed by atoms with Crippen molar-refractivity contribution in [2.24, 2.45) is 0 Å². The summed E-state index contributed by atoms with van der Waals surface area (Å²) < 4.78 is 13.2. The van der Waals surface area contributed by atoms with Crippen molar-refractivity contribution in [3.63, 3.8) is 0 Å². The van der Waals surface area contributed by atoms with Crippen LogP contribution in [0.1, 0.15) is 32.6 Å². The van der Waals surface area contributed by atoms with Crippen molar-refractivity contribution in [1.82, 2.24) is 14.7 Å². The Balaban J connectivity index is 1.27. The number of hydrogen-bond donors (Lipinski definition) is 0. The molecule has 0 spiro atoms. The Hall–Kier alpha value is -1.17. The molecule has 0 aliphatic carbocycles. The SMILES string of the molecule is CCN1CCC(N2CCCC(N3CCN(c4ccc(F)cc4)CC3)C2)CC1. The molecule has 1 unspecified atom stereocenters. The van der Waals surface area contributed by atoms with E-state index in [9.17, 15) is 4.39 Å². The van der Waals surface area contributed by atoms with E-state index in [0.29, 0.717) is 0 Å². The first-order valence-corrected chi connectivity index (χ1v) is 10.9. The second-order valence-electron chi connectivity index (χ2n) is 8.46. The number of benzene rings is 1. The van der Waals surface area contributed by atoms with E-state index in [1.807, 2.05) is 12.1 Å². The third kappa shape index (κ3) is 4.64. The first-order valence-electron chi connectivity index (χ1n) is 10.9. The summed E-state index contributed by atoms with van der Waals surface area (Å²) >= 11 is 0. The summed E-state index contributed by atoms with van der Waals surface area (Å²) in [7, 11) is 0. The predicted octanol–water partition coefficient (Wildman–Crippen LogP) is 2.90. The van der Waals surface area contributed by atoms with Gasteiger partial charge in [-0.05, 0) is 76.1 Å². The number of anilines is 1.